The van der Waals surface area contributed by atoms with Crippen LogP contribution in [0, 0.1) is 17.0 Å². The molecule has 2 aromatic rings. The molecular weight excluding hydrogens is 296 g/mol. The van der Waals surface area contributed by atoms with Crippen LogP contribution >= 0.6 is 11.6 Å². The minimum Gasteiger partial charge on any atom is -0.439 e. The monoisotopic (exact) mass is 308 g/mol. The first kappa shape index (κ1) is 15.0. The maximum atomic E-state index is 10.7. The van der Waals surface area contributed by atoms with Crippen LogP contribution in [0.25, 0.3) is 0 Å². The van der Waals surface area contributed by atoms with E-state index in [2.05, 4.69) is 15.3 Å². The highest BCUT2D eigenvalue weighted by molar-refractivity contribution is 6.32. The van der Waals surface area contributed by atoms with Gasteiger partial charge in [-0.2, -0.15) is 4.98 Å². The predicted octanol–water partition coefficient (Wildman–Crippen LogP) is 3.57. The van der Waals surface area contributed by atoms with Crippen LogP contribution in [-0.2, 0) is 0 Å². The quantitative estimate of drug-likeness (QED) is 0.670. The molecule has 0 amide bonds. The number of aromatic nitrogens is 2. The summed E-state index contributed by atoms with van der Waals surface area (Å²) in [5, 5.41) is 13.8. The molecule has 1 aromatic heterocycles. The fraction of sp³-hybridized carbons (Fsp3) is 0.231. The Kier molecular flexibility index (Phi) is 4.54. The Morgan fingerprint density at radius 1 is 1.38 bits per heavy atom. The van der Waals surface area contributed by atoms with E-state index in [1.165, 1.54) is 18.2 Å². The average Bonchev–Trinajstić information content (AvgIpc) is 2.37. The zero-order chi connectivity index (χ0) is 15.4. The van der Waals surface area contributed by atoms with Gasteiger partial charge < -0.3 is 10.1 Å². The van der Waals surface area contributed by atoms with E-state index in [1.54, 1.807) is 13.0 Å². The number of ether oxygens (including phenoxy) is 1. The van der Waals surface area contributed by atoms with Crippen molar-refractivity contribution in [3.05, 3.63) is 45.2 Å². The van der Waals surface area contributed by atoms with E-state index < -0.39 is 4.92 Å². The van der Waals surface area contributed by atoms with E-state index in [1.807, 2.05) is 6.92 Å². The molecule has 0 saturated heterocycles. The largest absolute Gasteiger partial charge is 0.439 e. The normalized spacial score (nSPS) is 10.2. The highest BCUT2D eigenvalue weighted by Crippen LogP contribution is 2.30. The van der Waals surface area contributed by atoms with Crippen molar-refractivity contribution in [3.8, 4) is 11.6 Å². The van der Waals surface area contributed by atoms with Gasteiger partial charge in [-0.25, -0.2) is 4.98 Å². The number of aryl methyl sites for hydroxylation is 1. The highest BCUT2D eigenvalue weighted by Gasteiger charge is 2.13. The molecule has 0 aliphatic carbocycles. The summed E-state index contributed by atoms with van der Waals surface area (Å²) in [6, 6.07) is 5.78. The molecule has 2 rings (SSSR count). The van der Waals surface area contributed by atoms with Crippen molar-refractivity contribution in [2.75, 3.05) is 11.9 Å². The second kappa shape index (κ2) is 6.36. The molecule has 7 nitrogen and oxygen atoms in total. The Labute approximate surface area is 126 Å². The third kappa shape index (κ3) is 3.79. The van der Waals surface area contributed by atoms with Gasteiger partial charge in [-0.15, -0.1) is 0 Å². The Balaban J connectivity index is 2.25. The van der Waals surface area contributed by atoms with Gasteiger partial charge in [-0.3, -0.25) is 10.1 Å². The number of nitrogens with one attached hydrogen (secondary N) is 1. The molecule has 0 unspecified atom stereocenters. The van der Waals surface area contributed by atoms with Gasteiger partial charge in [0, 0.05) is 24.7 Å². The van der Waals surface area contributed by atoms with E-state index >= 15 is 0 Å². The summed E-state index contributed by atoms with van der Waals surface area (Å²) in [5.41, 5.74) is -0.170. The second-order valence-corrected chi connectivity index (χ2v) is 4.55. The van der Waals surface area contributed by atoms with Crippen molar-refractivity contribution >= 4 is 23.1 Å². The minimum atomic E-state index is -0.551. The zero-order valence-corrected chi connectivity index (χ0v) is 12.2. The van der Waals surface area contributed by atoms with Gasteiger partial charge in [-0.05, 0) is 19.9 Å². The molecule has 0 aliphatic rings. The van der Waals surface area contributed by atoms with E-state index in [0.717, 1.165) is 6.54 Å². The number of anilines is 1. The smallest absolute Gasteiger partial charge is 0.288 e. The number of halogens is 1. The maximum Gasteiger partial charge on any atom is 0.288 e. The molecule has 0 atom stereocenters. The van der Waals surface area contributed by atoms with E-state index in [4.69, 9.17) is 16.3 Å². The molecule has 0 fully saturated rings. The lowest BCUT2D eigenvalue weighted by atomic mass is 10.3. The fourth-order valence-electron chi connectivity index (χ4n) is 1.68. The lowest BCUT2D eigenvalue weighted by molar-refractivity contribution is -0.384. The van der Waals surface area contributed by atoms with Crippen molar-refractivity contribution in [2.45, 2.75) is 13.8 Å². The number of rotatable bonds is 5. The molecule has 0 saturated carbocycles. The summed E-state index contributed by atoms with van der Waals surface area (Å²) in [5.74, 6) is 1.90. The summed E-state index contributed by atoms with van der Waals surface area (Å²) in [4.78, 5) is 18.5. The lowest BCUT2D eigenvalue weighted by Gasteiger charge is -2.08. The molecular formula is C13H13ClN4O3. The Morgan fingerprint density at radius 2 is 2.14 bits per heavy atom. The Bertz CT molecular complexity index is 678. The molecule has 0 bridgehead atoms. The van der Waals surface area contributed by atoms with Gasteiger partial charge in [0.05, 0.1) is 4.92 Å². The zero-order valence-electron chi connectivity index (χ0n) is 11.5. The minimum absolute atomic E-state index is 0.00943. The first-order chi connectivity index (χ1) is 9.99. The van der Waals surface area contributed by atoms with Crippen molar-refractivity contribution in [3.63, 3.8) is 0 Å². The van der Waals surface area contributed by atoms with Crippen LogP contribution in [0.4, 0.5) is 11.5 Å². The number of nitro groups is 1. The summed E-state index contributed by atoms with van der Waals surface area (Å²) in [7, 11) is 0. The van der Waals surface area contributed by atoms with Gasteiger partial charge in [0.2, 0.25) is 5.88 Å². The van der Waals surface area contributed by atoms with Crippen LogP contribution in [0.3, 0.4) is 0 Å². The summed E-state index contributed by atoms with van der Waals surface area (Å²) in [6.45, 7) is 4.42. The van der Waals surface area contributed by atoms with Crippen LogP contribution < -0.4 is 10.1 Å². The second-order valence-electron chi connectivity index (χ2n) is 4.14. The molecule has 21 heavy (non-hydrogen) atoms. The summed E-state index contributed by atoms with van der Waals surface area (Å²) >= 11 is 5.84. The van der Waals surface area contributed by atoms with Gasteiger partial charge >= 0.3 is 0 Å². The summed E-state index contributed by atoms with van der Waals surface area (Å²) in [6.07, 6.45) is 0. The predicted molar refractivity (Wildman–Crippen MR) is 79.1 cm³/mol. The first-order valence-corrected chi connectivity index (χ1v) is 6.58. The molecule has 1 N–H and O–H groups in total. The van der Waals surface area contributed by atoms with Crippen LogP contribution in [0.5, 0.6) is 11.6 Å². The molecule has 0 spiro atoms. The summed E-state index contributed by atoms with van der Waals surface area (Å²) < 4.78 is 5.56. The highest BCUT2D eigenvalue weighted by atomic mass is 35.5. The number of hydrogen-bond acceptors (Lipinski definition) is 6. The molecule has 110 valence electrons. The van der Waals surface area contributed by atoms with Crippen LogP contribution in [0.15, 0.2) is 24.3 Å². The third-order valence-corrected chi connectivity index (χ3v) is 2.81. The van der Waals surface area contributed by atoms with Gasteiger partial charge in [0.1, 0.15) is 22.4 Å². The number of nitro benzene ring substituents is 1. The van der Waals surface area contributed by atoms with Gasteiger partial charge in [-0.1, -0.05) is 11.6 Å². The molecule has 1 aromatic carbocycles. The topological polar surface area (TPSA) is 90.2 Å². The first-order valence-electron chi connectivity index (χ1n) is 6.21. The maximum absolute atomic E-state index is 10.7. The molecule has 8 heteroatoms. The standard InChI is InChI=1S/C13H13ClN4O3/c1-3-15-12-7-13(17-8(2)16-12)21-9-4-5-11(18(19)20)10(14)6-9/h4-7H,3H2,1-2H3,(H,15,16,17). The van der Waals surface area contributed by atoms with Crippen LogP contribution in [0.1, 0.15) is 12.7 Å². The van der Waals surface area contributed by atoms with Gasteiger partial charge in [0.15, 0.2) is 0 Å². The molecule has 1 heterocycles. The van der Waals surface area contributed by atoms with Gasteiger partial charge in [0.25, 0.3) is 5.69 Å². The van der Waals surface area contributed by atoms with Crippen LogP contribution in [0.2, 0.25) is 5.02 Å². The average molecular weight is 309 g/mol. The Hall–Kier alpha value is -2.41. The molecule has 0 radical (unpaired) electrons. The number of benzene rings is 1. The van der Waals surface area contributed by atoms with Crippen molar-refractivity contribution in [2.24, 2.45) is 0 Å². The van der Waals surface area contributed by atoms with E-state index in [9.17, 15) is 10.1 Å². The molecule has 0 aliphatic heterocycles. The third-order valence-electron chi connectivity index (χ3n) is 2.51. The van der Waals surface area contributed by atoms with Crippen molar-refractivity contribution in [1.82, 2.24) is 9.97 Å². The van der Waals surface area contributed by atoms with Crippen LogP contribution in [-0.4, -0.2) is 21.4 Å². The SMILES string of the molecule is CCNc1cc(Oc2ccc([N+](=O)[O-])c(Cl)c2)nc(C)n1. The number of hydrogen-bond donors (Lipinski definition) is 1. The Morgan fingerprint density at radius 3 is 2.76 bits per heavy atom. The lowest BCUT2D eigenvalue weighted by Crippen LogP contribution is -2.02. The number of nitrogens with zero attached hydrogens (tertiary/aromatic N) is 3. The fourth-order valence-corrected chi connectivity index (χ4v) is 1.92. The van der Waals surface area contributed by atoms with E-state index in [0.29, 0.717) is 23.3 Å². The van der Waals surface area contributed by atoms with Crippen molar-refractivity contribution < 1.29 is 9.66 Å². The van der Waals surface area contributed by atoms with E-state index in [-0.39, 0.29) is 10.7 Å². The van der Waals surface area contributed by atoms with Crippen molar-refractivity contribution in [1.29, 1.82) is 0 Å².